The normalized spacial score (nSPS) is 14.2. The Morgan fingerprint density at radius 3 is 2.18 bits per heavy atom. The number of nitrogens with one attached hydrogen (secondary N) is 1. The summed E-state index contributed by atoms with van der Waals surface area (Å²) in [5.74, 6) is -0.874. The van der Waals surface area contributed by atoms with E-state index in [1.54, 1.807) is 30.3 Å². The molecule has 0 aliphatic carbocycles. The number of nitrogens with zero attached hydrogens (tertiary/aromatic N) is 1. The second-order valence-electron chi connectivity index (χ2n) is 7.59. The van der Waals surface area contributed by atoms with E-state index >= 15 is 0 Å². The molecule has 0 aromatic heterocycles. The molecular weight excluding hydrogens is 483 g/mol. The lowest BCUT2D eigenvalue weighted by atomic mass is 10.0. The zero-order valence-electron chi connectivity index (χ0n) is 17.4. The van der Waals surface area contributed by atoms with Gasteiger partial charge in [0, 0.05) is 34.8 Å². The Balaban J connectivity index is 1.58. The van der Waals surface area contributed by atoms with Crippen molar-refractivity contribution in [2.75, 3.05) is 18.4 Å². The first kappa shape index (κ1) is 23.4. The number of rotatable bonds is 6. The third-order valence-electron chi connectivity index (χ3n) is 5.41. The van der Waals surface area contributed by atoms with Gasteiger partial charge in [0.05, 0.1) is 15.6 Å². The van der Waals surface area contributed by atoms with Crippen LogP contribution in [0.15, 0.2) is 71.6 Å². The Hall–Kier alpha value is -2.71. The maximum atomic E-state index is 13.1. The van der Waals surface area contributed by atoms with Gasteiger partial charge in [0.2, 0.25) is 10.0 Å². The third-order valence-corrected chi connectivity index (χ3v) is 7.89. The van der Waals surface area contributed by atoms with Gasteiger partial charge in [0.25, 0.3) is 5.91 Å². The van der Waals surface area contributed by atoms with Gasteiger partial charge in [-0.1, -0.05) is 35.3 Å². The Morgan fingerprint density at radius 1 is 0.848 bits per heavy atom. The summed E-state index contributed by atoms with van der Waals surface area (Å²) in [5.41, 5.74) is 0.995. The van der Waals surface area contributed by atoms with Crippen LogP contribution in [0, 0.1) is 0 Å². The first-order valence-corrected chi connectivity index (χ1v) is 12.5. The van der Waals surface area contributed by atoms with Gasteiger partial charge in [-0.15, -0.1) is 0 Å². The van der Waals surface area contributed by atoms with Gasteiger partial charge < -0.3 is 5.32 Å². The molecule has 6 nitrogen and oxygen atoms in total. The molecule has 1 saturated heterocycles. The minimum absolute atomic E-state index is 0.141. The lowest BCUT2D eigenvalue weighted by Gasteiger charge is -2.16. The van der Waals surface area contributed by atoms with E-state index in [4.69, 9.17) is 23.2 Å². The average Bonchev–Trinajstić information content (AvgIpc) is 3.36. The van der Waals surface area contributed by atoms with Crippen molar-refractivity contribution in [3.05, 3.63) is 93.5 Å². The highest BCUT2D eigenvalue weighted by Gasteiger charge is 2.27. The standard InChI is InChI=1S/C24H20Cl2N2O4S/c25-17-9-12-22(20(15-17)23(29)19-5-1-2-6-21(19)26)27-24(30)16-7-10-18(11-8-16)33(31,32)28-13-3-4-14-28/h1-2,5-12,15H,3-4,13-14H2,(H,27,30). The summed E-state index contributed by atoms with van der Waals surface area (Å²) in [5, 5.41) is 3.34. The molecule has 3 aromatic carbocycles. The van der Waals surface area contributed by atoms with Crippen molar-refractivity contribution in [3.8, 4) is 0 Å². The smallest absolute Gasteiger partial charge is 0.255 e. The molecule has 1 aliphatic rings. The van der Waals surface area contributed by atoms with E-state index in [9.17, 15) is 18.0 Å². The number of sulfonamides is 1. The Bertz CT molecular complexity index is 1320. The molecule has 0 bridgehead atoms. The van der Waals surface area contributed by atoms with Crippen LogP contribution in [-0.4, -0.2) is 37.5 Å². The molecular formula is C24H20Cl2N2O4S. The average molecular weight is 503 g/mol. The zero-order chi connectivity index (χ0) is 23.6. The van der Waals surface area contributed by atoms with Crippen molar-refractivity contribution >= 4 is 50.6 Å². The highest BCUT2D eigenvalue weighted by molar-refractivity contribution is 7.89. The maximum Gasteiger partial charge on any atom is 0.255 e. The molecule has 0 spiro atoms. The summed E-state index contributed by atoms with van der Waals surface area (Å²) in [6.45, 7) is 1.01. The number of hydrogen-bond acceptors (Lipinski definition) is 4. The number of amides is 1. The number of halogens is 2. The molecule has 0 saturated carbocycles. The highest BCUT2D eigenvalue weighted by atomic mass is 35.5. The van der Waals surface area contributed by atoms with E-state index < -0.39 is 15.9 Å². The molecule has 0 atom stereocenters. The number of ketones is 1. The monoisotopic (exact) mass is 502 g/mol. The van der Waals surface area contributed by atoms with Crippen LogP contribution in [-0.2, 0) is 10.0 Å². The number of benzene rings is 3. The SMILES string of the molecule is O=C(Nc1ccc(Cl)cc1C(=O)c1ccccc1Cl)c1ccc(S(=O)(=O)N2CCCC2)cc1. The van der Waals surface area contributed by atoms with Crippen LogP contribution in [0.25, 0.3) is 0 Å². The summed E-state index contributed by atoms with van der Waals surface area (Å²) >= 11 is 12.3. The largest absolute Gasteiger partial charge is 0.321 e. The molecule has 0 radical (unpaired) electrons. The molecule has 33 heavy (non-hydrogen) atoms. The van der Waals surface area contributed by atoms with Crippen molar-refractivity contribution < 1.29 is 18.0 Å². The Labute approximate surface area is 202 Å². The van der Waals surface area contributed by atoms with Crippen molar-refractivity contribution in [1.29, 1.82) is 0 Å². The first-order valence-electron chi connectivity index (χ1n) is 10.3. The van der Waals surface area contributed by atoms with Gasteiger partial charge in [0.15, 0.2) is 5.78 Å². The van der Waals surface area contributed by atoms with E-state index in [0.717, 1.165) is 12.8 Å². The fourth-order valence-electron chi connectivity index (χ4n) is 3.65. The minimum Gasteiger partial charge on any atom is -0.321 e. The van der Waals surface area contributed by atoms with Gasteiger partial charge in [0.1, 0.15) is 0 Å². The van der Waals surface area contributed by atoms with E-state index in [1.807, 2.05) is 0 Å². The van der Waals surface area contributed by atoms with Gasteiger partial charge in [-0.2, -0.15) is 4.31 Å². The van der Waals surface area contributed by atoms with Crippen LogP contribution in [0.5, 0.6) is 0 Å². The topological polar surface area (TPSA) is 83.5 Å². The van der Waals surface area contributed by atoms with E-state index in [2.05, 4.69) is 5.32 Å². The van der Waals surface area contributed by atoms with E-state index in [0.29, 0.717) is 18.1 Å². The zero-order valence-corrected chi connectivity index (χ0v) is 19.8. The Morgan fingerprint density at radius 2 is 1.52 bits per heavy atom. The van der Waals surface area contributed by atoms with Gasteiger partial charge in [-0.05, 0) is 67.4 Å². The van der Waals surface area contributed by atoms with Crippen molar-refractivity contribution in [3.63, 3.8) is 0 Å². The molecule has 1 amide bonds. The fourth-order valence-corrected chi connectivity index (χ4v) is 5.56. The van der Waals surface area contributed by atoms with Gasteiger partial charge >= 0.3 is 0 Å². The summed E-state index contributed by atoms with van der Waals surface area (Å²) in [6, 6.07) is 16.9. The summed E-state index contributed by atoms with van der Waals surface area (Å²) < 4.78 is 26.8. The van der Waals surface area contributed by atoms with Crippen molar-refractivity contribution in [2.24, 2.45) is 0 Å². The maximum absolute atomic E-state index is 13.1. The van der Waals surface area contributed by atoms with E-state index in [-0.39, 0.29) is 38.1 Å². The van der Waals surface area contributed by atoms with Crippen LogP contribution in [0.1, 0.15) is 39.1 Å². The molecule has 9 heteroatoms. The summed E-state index contributed by atoms with van der Waals surface area (Å²) in [7, 11) is -3.57. The number of anilines is 1. The molecule has 3 aromatic rings. The molecule has 170 valence electrons. The second kappa shape index (κ2) is 9.65. The molecule has 1 heterocycles. The lowest BCUT2D eigenvalue weighted by Crippen LogP contribution is -2.27. The quantitative estimate of drug-likeness (QED) is 0.465. The number of carbonyl (C=O) groups is 2. The lowest BCUT2D eigenvalue weighted by molar-refractivity contribution is 0.102. The second-order valence-corrected chi connectivity index (χ2v) is 10.4. The molecule has 0 unspecified atom stereocenters. The number of hydrogen-bond donors (Lipinski definition) is 1. The van der Waals surface area contributed by atoms with Crippen LogP contribution < -0.4 is 5.32 Å². The van der Waals surface area contributed by atoms with Gasteiger partial charge in [-0.3, -0.25) is 9.59 Å². The van der Waals surface area contributed by atoms with Crippen molar-refractivity contribution in [2.45, 2.75) is 17.7 Å². The van der Waals surface area contributed by atoms with Crippen molar-refractivity contribution in [1.82, 2.24) is 4.31 Å². The van der Waals surface area contributed by atoms with Crippen LogP contribution in [0.2, 0.25) is 10.0 Å². The minimum atomic E-state index is -3.57. The van der Waals surface area contributed by atoms with Crippen LogP contribution >= 0.6 is 23.2 Å². The fraction of sp³-hybridized carbons (Fsp3) is 0.167. The summed E-state index contributed by atoms with van der Waals surface area (Å²) in [6.07, 6.45) is 1.69. The predicted octanol–water partition coefficient (Wildman–Crippen LogP) is 5.26. The Kier molecular flexibility index (Phi) is 6.86. The summed E-state index contributed by atoms with van der Waals surface area (Å²) in [4.78, 5) is 26.1. The van der Waals surface area contributed by atoms with Crippen LogP contribution in [0.3, 0.4) is 0 Å². The molecule has 1 N–H and O–H groups in total. The predicted molar refractivity (Wildman–Crippen MR) is 129 cm³/mol. The third kappa shape index (κ3) is 4.96. The molecule has 1 fully saturated rings. The highest BCUT2D eigenvalue weighted by Crippen LogP contribution is 2.27. The van der Waals surface area contributed by atoms with Crippen LogP contribution in [0.4, 0.5) is 5.69 Å². The van der Waals surface area contributed by atoms with Gasteiger partial charge in [-0.25, -0.2) is 8.42 Å². The molecule has 1 aliphatic heterocycles. The van der Waals surface area contributed by atoms with E-state index in [1.165, 1.54) is 40.7 Å². The number of carbonyl (C=O) groups excluding carboxylic acids is 2. The first-order chi connectivity index (χ1) is 15.8. The molecule has 4 rings (SSSR count).